The maximum absolute atomic E-state index is 11.3. The SMILES string of the molecule is CCC(=Cc1sc2ccc(Cl)cc2[n+]1CCCS(=O)(=O)[O-])C=C1Sc2ccc(C)cc2N1CCCS(=O)(=O)O.[K+]. The quantitative estimate of drug-likeness (QED) is 0.188. The third kappa shape index (κ3) is 9.35. The largest absolute Gasteiger partial charge is 1.00 e. The number of allylic oxidation sites excluding steroid dienone is 2. The van der Waals surface area contributed by atoms with Crippen LogP contribution < -0.4 is 60.9 Å². The molecule has 1 aliphatic rings. The number of hydrogen-bond donors (Lipinski definition) is 1. The first-order valence-electron chi connectivity index (χ1n) is 12.3. The first-order valence-corrected chi connectivity index (χ1v) is 17.5. The first-order chi connectivity index (χ1) is 18.3. The summed E-state index contributed by atoms with van der Waals surface area (Å²) in [4.78, 5) is 3.15. The van der Waals surface area contributed by atoms with Crippen LogP contribution in [-0.2, 0) is 26.8 Å². The molecule has 1 aliphatic heterocycles. The fourth-order valence-electron chi connectivity index (χ4n) is 4.33. The number of aryl methyl sites for hydroxylation is 2. The van der Waals surface area contributed by atoms with Crippen LogP contribution in [0.5, 0.6) is 0 Å². The molecule has 1 aromatic heterocycles. The molecule has 0 saturated heterocycles. The molecule has 210 valence electrons. The molecule has 4 rings (SSSR count). The fourth-order valence-corrected chi connectivity index (χ4v) is 7.76. The number of benzene rings is 2. The first kappa shape index (κ1) is 34.2. The van der Waals surface area contributed by atoms with Crippen LogP contribution in [0.25, 0.3) is 16.3 Å². The van der Waals surface area contributed by atoms with Crippen molar-refractivity contribution in [3.05, 3.63) is 68.7 Å². The van der Waals surface area contributed by atoms with Crippen molar-refractivity contribution in [2.45, 2.75) is 44.6 Å². The zero-order chi connectivity index (χ0) is 28.4. The zero-order valence-electron chi connectivity index (χ0n) is 22.5. The van der Waals surface area contributed by atoms with Crippen molar-refractivity contribution < 1.29 is 81.9 Å². The third-order valence-electron chi connectivity index (χ3n) is 6.16. The van der Waals surface area contributed by atoms with Crippen LogP contribution in [0.2, 0.25) is 5.02 Å². The molecule has 0 atom stereocenters. The summed E-state index contributed by atoms with van der Waals surface area (Å²) in [6.07, 6.45) is 5.31. The van der Waals surface area contributed by atoms with Crippen LogP contribution in [-0.4, -0.2) is 44.0 Å². The molecule has 14 heteroatoms. The van der Waals surface area contributed by atoms with Gasteiger partial charge in [-0.05, 0) is 61.2 Å². The van der Waals surface area contributed by atoms with E-state index in [0.29, 0.717) is 24.5 Å². The van der Waals surface area contributed by atoms with Crippen LogP contribution in [0.1, 0.15) is 36.8 Å². The van der Waals surface area contributed by atoms with E-state index in [2.05, 4.69) is 29.2 Å². The van der Waals surface area contributed by atoms with Crippen molar-refractivity contribution in [3.63, 3.8) is 0 Å². The van der Waals surface area contributed by atoms with E-state index in [1.54, 1.807) is 23.1 Å². The van der Waals surface area contributed by atoms with Gasteiger partial charge in [0.05, 0.1) is 26.6 Å². The van der Waals surface area contributed by atoms with Gasteiger partial charge in [-0.15, -0.1) is 0 Å². The van der Waals surface area contributed by atoms with E-state index in [0.717, 1.165) is 42.0 Å². The van der Waals surface area contributed by atoms with Crippen LogP contribution in [0.15, 0.2) is 58.0 Å². The van der Waals surface area contributed by atoms with Crippen molar-refractivity contribution in [1.82, 2.24) is 0 Å². The molecule has 0 aliphatic carbocycles. The summed E-state index contributed by atoms with van der Waals surface area (Å²) in [6, 6.07) is 11.7. The molecule has 8 nitrogen and oxygen atoms in total. The summed E-state index contributed by atoms with van der Waals surface area (Å²) in [5.41, 5.74) is 3.98. The number of nitrogens with zero attached hydrogens (tertiary/aromatic N) is 2. The molecular weight excluding hydrogens is 639 g/mol. The van der Waals surface area contributed by atoms with Gasteiger partial charge in [-0.1, -0.05) is 47.7 Å². The monoisotopic (exact) mass is 667 g/mol. The van der Waals surface area contributed by atoms with Crippen molar-refractivity contribution in [3.8, 4) is 0 Å². The summed E-state index contributed by atoms with van der Waals surface area (Å²) in [6.45, 7) is 4.82. The number of rotatable bonds is 11. The van der Waals surface area contributed by atoms with E-state index in [-0.39, 0.29) is 70.0 Å². The summed E-state index contributed by atoms with van der Waals surface area (Å²) in [5, 5.41) is 2.42. The van der Waals surface area contributed by atoms with Crippen molar-refractivity contribution in [2.24, 2.45) is 0 Å². The molecule has 0 unspecified atom stereocenters. The fraction of sp³-hybridized carbons (Fsp3) is 0.346. The van der Waals surface area contributed by atoms with E-state index in [4.69, 9.17) is 11.6 Å². The van der Waals surface area contributed by atoms with Gasteiger partial charge in [0.1, 0.15) is 4.70 Å². The predicted molar refractivity (Wildman–Crippen MR) is 158 cm³/mol. The Bertz CT molecular complexity index is 1670. The number of fused-ring (bicyclic) bond motifs is 2. The van der Waals surface area contributed by atoms with Crippen LogP contribution in [0.4, 0.5) is 5.69 Å². The average molecular weight is 668 g/mol. The number of halogens is 1. The smallest absolute Gasteiger partial charge is 0.748 e. The summed E-state index contributed by atoms with van der Waals surface area (Å²) >= 11 is 9.41. The van der Waals surface area contributed by atoms with Gasteiger partial charge in [0.25, 0.3) is 15.1 Å². The van der Waals surface area contributed by atoms with Gasteiger partial charge >= 0.3 is 51.4 Å². The second kappa shape index (κ2) is 14.5. The second-order valence-corrected chi connectivity index (χ2v) is 14.9. The van der Waals surface area contributed by atoms with Crippen LogP contribution >= 0.6 is 34.7 Å². The molecule has 1 N–H and O–H groups in total. The molecule has 0 radical (unpaired) electrons. The van der Waals surface area contributed by atoms with E-state index in [1.807, 2.05) is 42.7 Å². The van der Waals surface area contributed by atoms with E-state index < -0.39 is 26.0 Å². The maximum atomic E-state index is 11.3. The molecule has 0 bridgehead atoms. The van der Waals surface area contributed by atoms with Crippen LogP contribution in [0, 0.1) is 6.92 Å². The van der Waals surface area contributed by atoms with E-state index in [9.17, 15) is 25.9 Å². The standard InChI is InChI=1S/C26H29ClN2O6S4.K/c1-3-19(15-25-28(10-4-12-38(30,31)32)21-14-18(2)6-8-23(21)36-25)16-26-29(11-5-13-39(33,34)35)22-17-20(27)7-9-24(22)37-26;/h6-9,14-17H,3-5,10-13H2,1-2H3,(H-,30,31,32,33,34,35);/q;+1. The Kier molecular flexibility index (Phi) is 12.4. The molecular formula is C26H29ClKN2O6S4+. The van der Waals surface area contributed by atoms with Gasteiger partial charge in [-0.25, -0.2) is 8.42 Å². The van der Waals surface area contributed by atoms with Gasteiger partial charge in [0.15, 0.2) is 6.54 Å². The zero-order valence-corrected chi connectivity index (χ0v) is 29.6. The molecule has 2 heterocycles. The van der Waals surface area contributed by atoms with Crippen molar-refractivity contribution in [2.75, 3.05) is 23.0 Å². The summed E-state index contributed by atoms with van der Waals surface area (Å²) < 4.78 is 68.4. The van der Waals surface area contributed by atoms with Crippen molar-refractivity contribution >= 4 is 76.9 Å². The van der Waals surface area contributed by atoms with Gasteiger partial charge < -0.3 is 9.45 Å². The van der Waals surface area contributed by atoms with Crippen molar-refractivity contribution in [1.29, 1.82) is 0 Å². The minimum absolute atomic E-state index is 0. The van der Waals surface area contributed by atoms with Gasteiger partial charge in [-0.2, -0.15) is 13.0 Å². The van der Waals surface area contributed by atoms with Gasteiger partial charge in [0.2, 0.25) is 5.52 Å². The molecule has 3 aromatic rings. The Morgan fingerprint density at radius 2 is 1.88 bits per heavy atom. The number of thiazole rings is 1. The average Bonchev–Trinajstić information content (AvgIpc) is 3.34. The minimum Gasteiger partial charge on any atom is -0.748 e. The minimum atomic E-state index is -4.32. The third-order valence-corrected chi connectivity index (χ3v) is 10.2. The molecule has 0 spiro atoms. The van der Waals surface area contributed by atoms with E-state index >= 15 is 0 Å². The number of aromatic nitrogens is 1. The normalized spacial score (nSPS) is 15.1. The van der Waals surface area contributed by atoms with Crippen LogP contribution in [0.3, 0.4) is 0 Å². The second-order valence-electron chi connectivity index (χ2n) is 9.24. The summed E-state index contributed by atoms with van der Waals surface area (Å²) in [7, 11) is -8.38. The maximum Gasteiger partial charge on any atom is 1.00 e. The molecule has 2 aromatic carbocycles. The van der Waals surface area contributed by atoms with Gasteiger partial charge in [-0.3, -0.25) is 4.55 Å². The predicted octanol–water partition coefficient (Wildman–Crippen LogP) is 2.61. The number of anilines is 1. The number of hydrogen-bond acceptors (Lipinski definition) is 8. The Morgan fingerprint density at radius 1 is 1.12 bits per heavy atom. The summed E-state index contributed by atoms with van der Waals surface area (Å²) in [5.74, 6) is -0.763. The molecule has 0 fully saturated rings. The number of thioether (sulfide) groups is 1. The Labute approximate surface area is 291 Å². The Balaban J connectivity index is 0.00000441. The topological polar surface area (TPSA) is 119 Å². The molecule has 0 saturated carbocycles. The van der Waals surface area contributed by atoms with E-state index in [1.165, 1.54) is 0 Å². The van der Waals surface area contributed by atoms with Gasteiger partial charge in [0, 0.05) is 40.8 Å². The molecule has 40 heavy (non-hydrogen) atoms. The Hall–Kier alpha value is -0.294. The Morgan fingerprint density at radius 3 is 2.55 bits per heavy atom. The molecule has 0 amide bonds.